The van der Waals surface area contributed by atoms with Crippen LogP contribution in [0.1, 0.15) is 31.0 Å². The fourth-order valence-electron chi connectivity index (χ4n) is 3.77. The van der Waals surface area contributed by atoms with E-state index in [9.17, 15) is 19.5 Å². The molecule has 176 valence electrons. The van der Waals surface area contributed by atoms with Gasteiger partial charge in [-0.1, -0.05) is 18.2 Å². The van der Waals surface area contributed by atoms with E-state index >= 15 is 0 Å². The number of phenolic OH excluding ortho intramolecular Hbond substituents is 1. The maximum absolute atomic E-state index is 13.3. The Balaban J connectivity index is 1.65. The second-order valence-corrected chi connectivity index (χ2v) is 8.26. The number of nitrogens with one attached hydrogen (secondary N) is 1. The number of aromatic hydroxyl groups is 1. The topological polar surface area (TPSA) is 135 Å². The summed E-state index contributed by atoms with van der Waals surface area (Å²) in [5.74, 6) is -0.0790. The molecule has 3 rings (SSSR count). The first-order chi connectivity index (χ1) is 15.8. The van der Waals surface area contributed by atoms with E-state index in [0.717, 1.165) is 5.56 Å². The molecule has 1 aliphatic heterocycles. The average molecular weight is 455 g/mol. The number of benzene rings is 1. The normalized spacial score (nSPS) is 15.1. The first-order valence-corrected chi connectivity index (χ1v) is 11.0. The van der Waals surface area contributed by atoms with Crippen molar-refractivity contribution in [3.63, 3.8) is 0 Å². The van der Waals surface area contributed by atoms with Crippen LogP contribution in [0.15, 0.2) is 42.5 Å². The Hall–Kier alpha value is -3.46. The molecule has 9 heteroatoms. The summed E-state index contributed by atoms with van der Waals surface area (Å²) in [4.78, 5) is 43.0. The number of aromatic nitrogens is 1. The summed E-state index contributed by atoms with van der Waals surface area (Å²) in [5.41, 5.74) is 7.03. The molecule has 1 atom stereocenters. The molecule has 0 spiro atoms. The Labute approximate surface area is 192 Å². The van der Waals surface area contributed by atoms with E-state index < -0.39 is 6.04 Å². The number of likely N-dealkylation sites (tertiary alicyclic amines) is 1. The van der Waals surface area contributed by atoms with E-state index in [0.29, 0.717) is 37.4 Å². The number of rotatable bonds is 9. The van der Waals surface area contributed by atoms with Gasteiger partial charge in [0.15, 0.2) is 5.78 Å². The molecule has 0 aliphatic carbocycles. The summed E-state index contributed by atoms with van der Waals surface area (Å²) >= 11 is 0. The molecule has 1 aromatic heterocycles. The van der Waals surface area contributed by atoms with E-state index in [2.05, 4.69) is 10.3 Å². The number of anilines is 1. The summed E-state index contributed by atoms with van der Waals surface area (Å²) in [6, 6.07) is 10.9. The highest BCUT2D eigenvalue weighted by Crippen LogP contribution is 2.17. The molecule has 33 heavy (non-hydrogen) atoms. The van der Waals surface area contributed by atoms with Gasteiger partial charge in [0, 0.05) is 19.5 Å². The fourth-order valence-corrected chi connectivity index (χ4v) is 3.77. The Bertz CT molecular complexity index is 971. The maximum atomic E-state index is 13.3. The molecule has 0 saturated carbocycles. The van der Waals surface area contributed by atoms with Crippen LogP contribution in [-0.2, 0) is 32.0 Å². The molecule has 2 amide bonds. The molecule has 1 aromatic carbocycles. The van der Waals surface area contributed by atoms with E-state index in [1.807, 2.05) is 0 Å². The van der Waals surface area contributed by atoms with Gasteiger partial charge in [0.2, 0.25) is 11.8 Å². The van der Waals surface area contributed by atoms with Crippen molar-refractivity contribution in [1.29, 1.82) is 0 Å². The first-order valence-electron chi connectivity index (χ1n) is 11.0. The zero-order valence-electron chi connectivity index (χ0n) is 18.7. The van der Waals surface area contributed by atoms with Crippen molar-refractivity contribution in [1.82, 2.24) is 15.2 Å². The zero-order chi connectivity index (χ0) is 23.8. The summed E-state index contributed by atoms with van der Waals surface area (Å²) in [6.45, 7) is 2.53. The number of phenols is 1. The van der Waals surface area contributed by atoms with Gasteiger partial charge in [-0.25, -0.2) is 4.98 Å². The quantitative estimate of drug-likeness (QED) is 0.519. The number of piperidine rings is 1. The smallest absolute Gasteiger partial charge is 0.245 e. The van der Waals surface area contributed by atoms with E-state index in [4.69, 9.17) is 10.5 Å². The summed E-state index contributed by atoms with van der Waals surface area (Å²) in [5, 5.41) is 12.4. The van der Waals surface area contributed by atoms with Crippen LogP contribution in [0, 0.1) is 0 Å². The SMILES string of the molecule is CC(=O)COC1CCN(C(=O)C(Cc2ccc(O)cc2)NC(=O)Cc2cccc(N)n2)CC1. The average Bonchev–Trinajstić information content (AvgIpc) is 2.78. The largest absolute Gasteiger partial charge is 0.508 e. The number of carbonyl (C=O) groups excluding carboxylic acids is 3. The van der Waals surface area contributed by atoms with Crippen LogP contribution in [0.25, 0.3) is 0 Å². The predicted octanol–water partition coefficient (Wildman–Crippen LogP) is 1.24. The summed E-state index contributed by atoms with van der Waals surface area (Å²) in [7, 11) is 0. The molecule has 2 heterocycles. The number of nitrogens with zero attached hydrogens (tertiary/aromatic N) is 2. The zero-order valence-corrected chi connectivity index (χ0v) is 18.7. The monoisotopic (exact) mass is 454 g/mol. The van der Waals surface area contributed by atoms with Crippen LogP contribution in [-0.4, -0.2) is 64.4 Å². The van der Waals surface area contributed by atoms with Gasteiger partial charge in [-0.2, -0.15) is 0 Å². The molecule has 1 fully saturated rings. The number of amides is 2. The van der Waals surface area contributed by atoms with Crippen LogP contribution in [0.5, 0.6) is 5.75 Å². The summed E-state index contributed by atoms with van der Waals surface area (Å²) in [6.07, 6.45) is 1.50. The lowest BCUT2D eigenvalue weighted by molar-refractivity contribution is -0.139. The third-order valence-electron chi connectivity index (χ3n) is 5.46. The molecule has 1 aliphatic rings. The molecule has 0 radical (unpaired) electrons. The third kappa shape index (κ3) is 7.57. The van der Waals surface area contributed by atoms with E-state index in [1.54, 1.807) is 47.4 Å². The van der Waals surface area contributed by atoms with Gasteiger partial charge in [0.05, 0.1) is 18.2 Å². The van der Waals surface area contributed by atoms with Gasteiger partial charge < -0.3 is 25.8 Å². The van der Waals surface area contributed by atoms with Gasteiger partial charge in [0.25, 0.3) is 0 Å². The summed E-state index contributed by atoms with van der Waals surface area (Å²) < 4.78 is 5.58. The molecule has 0 bridgehead atoms. The minimum Gasteiger partial charge on any atom is -0.508 e. The van der Waals surface area contributed by atoms with Crippen molar-refractivity contribution in [2.24, 2.45) is 0 Å². The standard InChI is InChI=1S/C24H30N4O5/c1-16(29)15-33-20-9-11-28(12-10-20)24(32)21(13-17-5-7-19(30)8-6-17)27-23(31)14-18-3-2-4-22(25)26-18/h2-8,20-21,30H,9-15H2,1H3,(H2,25,26)(H,27,31). The van der Waals surface area contributed by atoms with Crippen molar-refractivity contribution in [2.75, 3.05) is 25.4 Å². The van der Waals surface area contributed by atoms with Crippen molar-refractivity contribution < 1.29 is 24.2 Å². The Morgan fingerprint density at radius 1 is 1.18 bits per heavy atom. The van der Waals surface area contributed by atoms with Gasteiger partial charge in [0.1, 0.15) is 24.2 Å². The van der Waals surface area contributed by atoms with E-state index in [-0.39, 0.29) is 48.9 Å². The maximum Gasteiger partial charge on any atom is 0.245 e. The number of ketones is 1. The Morgan fingerprint density at radius 2 is 1.88 bits per heavy atom. The highest BCUT2D eigenvalue weighted by Gasteiger charge is 2.30. The number of carbonyl (C=O) groups is 3. The first kappa shape index (κ1) is 24.2. The van der Waals surface area contributed by atoms with Crippen molar-refractivity contribution in [2.45, 2.75) is 44.8 Å². The van der Waals surface area contributed by atoms with Crippen LogP contribution in [0.3, 0.4) is 0 Å². The predicted molar refractivity (Wildman–Crippen MR) is 122 cm³/mol. The minimum absolute atomic E-state index is 0.00532. The number of Topliss-reactive ketones (excluding diaryl/α,β-unsaturated/α-hetero) is 1. The number of pyridine rings is 1. The van der Waals surface area contributed by atoms with Crippen molar-refractivity contribution in [3.05, 3.63) is 53.7 Å². The van der Waals surface area contributed by atoms with Crippen LogP contribution >= 0.6 is 0 Å². The molecular weight excluding hydrogens is 424 g/mol. The van der Waals surface area contributed by atoms with Crippen LogP contribution < -0.4 is 11.1 Å². The number of ether oxygens (including phenoxy) is 1. The molecule has 9 nitrogen and oxygen atoms in total. The van der Waals surface area contributed by atoms with Crippen molar-refractivity contribution in [3.8, 4) is 5.75 Å². The number of nitrogens with two attached hydrogens (primary N) is 1. The molecule has 1 saturated heterocycles. The molecule has 4 N–H and O–H groups in total. The second kappa shape index (κ2) is 11.4. The lowest BCUT2D eigenvalue weighted by atomic mass is 10.0. The van der Waals surface area contributed by atoms with Gasteiger partial charge in [-0.15, -0.1) is 0 Å². The van der Waals surface area contributed by atoms with Gasteiger partial charge >= 0.3 is 0 Å². The van der Waals surface area contributed by atoms with Gasteiger partial charge in [-0.05, 0) is 49.6 Å². The van der Waals surface area contributed by atoms with Crippen LogP contribution in [0.2, 0.25) is 0 Å². The molecule has 2 aromatic rings. The third-order valence-corrected chi connectivity index (χ3v) is 5.46. The Kier molecular flexibility index (Phi) is 8.37. The van der Waals surface area contributed by atoms with Crippen molar-refractivity contribution >= 4 is 23.4 Å². The second-order valence-electron chi connectivity index (χ2n) is 8.26. The Morgan fingerprint density at radius 3 is 2.52 bits per heavy atom. The lowest BCUT2D eigenvalue weighted by Crippen LogP contribution is -2.52. The fraction of sp³-hybridized carbons (Fsp3) is 0.417. The molecule has 1 unspecified atom stereocenters. The van der Waals surface area contributed by atoms with Gasteiger partial charge in [-0.3, -0.25) is 14.4 Å². The molecular formula is C24H30N4O5. The number of nitrogen functional groups attached to an aromatic ring is 1. The minimum atomic E-state index is -0.766. The van der Waals surface area contributed by atoms with E-state index in [1.165, 1.54) is 6.92 Å². The number of hydrogen-bond acceptors (Lipinski definition) is 7. The van der Waals surface area contributed by atoms with Crippen LogP contribution in [0.4, 0.5) is 5.82 Å². The number of hydrogen-bond donors (Lipinski definition) is 3. The highest BCUT2D eigenvalue weighted by molar-refractivity contribution is 5.88. The lowest BCUT2D eigenvalue weighted by Gasteiger charge is -2.34. The highest BCUT2D eigenvalue weighted by atomic mass is 16.5.